The molecule has 0 aliphatic heterocycles. The zero-order valence-corrected chi connectivity index (χ0v) is 15.1. The molecule has 25 heavy (non-hydrogen) atoms. The van der Waals surface area contributed by atoms with Crippen molar-refractivity contribution in [3.05, 3.63) is 47.3 Å². The summed E-state index contributed by atoms with van der Waals surface area (Å²) in [5, 5.41) is 0. The first-order valence-electron chi connectivity index (χ1n) is 9.84. The number of hydrogen-bond donors (Lipinski definition) is 0. The third-order valence-corrected chi connectivity index (χ3v) is 6.51. The van der Waals surface area contributed by atoms with E-state index in [2.05, 4.69) is 19.1 Å². The van der Waals surface area contributed by atoms with Gasteiger partial charge in [0.15, 0.2) is 17.5 Å². The third-order valence-electron chi connectivity index (χ3n) is 6.51. The Morgan fingerprint density at radius 2 is 1.36 bits per heavy atom. The highest BCUT2D eigenvalue weighted by Gasteiger charge is 2.31. The van der Waals surface area contributed by atoms with Crippen LogP contribution in [-0.4, -0.2) is 0 Å². The van der Waals surface area contributed by atoms with Crippen LogP contribution in [0, 0.1) is 35.2 Å². The second kappa shape index (κ2) is 8.42. The summed E-state index contributed by atoms with van der Waals surface area (Å²) in [6, 6.07) is 2.38. The largest absolute Gasteiger partial charge is 0.204 e. The van der Waals surface area contributed by atoms with Gasteiger partial charge in [0, 0.05) is 0 Å². The quantitative estimate of drug-likeness (QED) is 0.399. The van der Waals surface area contributed by atoms with E-state index in [1.54, 1.807) is 0 Å². The molecule has 0 saturated heterocycles. The molecule has 0 aromatic heterocycles. The van der Waals surface area contributed by atoms with Crippen molar-refractivity contribution < 1.29 is 13.2 Å². The smallest absolute Gasteiger partial charge is 0.194 e. The predicted octanol–water partition coefficient (Wildman–Crippen LogP) is 7.15. The lowest BCUT2D eigenvalue weighted by Crippen LogP contribution is -2.25. The topological polar surface area (TPSA) is 0 Å². The van der Waals surface area contributed by atoms with Crippen LogP contribution in [0.1, 0.15) is 76.2 Å². The van der Waals surface area contributed by atoms with E-state index < -0.39 is 17.5 Å². The van der Waals surface area contributed by atoms with Gasteiger partial charge in [0.2, 0.25) is 0 Å². The molecule has 0 heterocycles. The minimum absolute atomic E-state index is 0.173. The Kier molecular flexibility index (Phi) is 6.24. The van der Waals surface area contributed by atoms with E-state index in [0.29, 0.717) is 5.56 Å². The van der Waals surface area contributed by atoms with Crippen LogP contribution >= 0.6 is 0 Å². The molecule has 0 spiro atoms. The first kappa shape index (κ1) is 18.5. The molecule has 2 aliphatic carbocycles. The molecule has 2 aliphatic rings. The van der Waals surface area contributed by atoms with Gasteiger partial charge in [-0.1, -0.05) is 12.2 Å². The summed E-state index contributed by atoms with van der Waals surface area (Å²) >= 11 is 0. The van der Waals surface area contributed by atoms with Gasteiger partial charge in [0.25, 0.3) is 0 Å². The molecule has 3 heteroatoms. The van der Waals surface area contributed by atoms with Crippen LogP contribution in [0.15, 0.2) is 24.3 Å². The van der Waals surface area contributed by atoms with Crippen molar-refractivity contribution >= 4 is 0 Å². The van der Waals surface area contributed by atoms with E-state index in [1.807, 2.05) is 0 Å². The highest BCUT2D eigenvalue weighted by atomic mass is 19.2. The second-order valence-corrected chi connectivity index (χ2v) is 8.00. The van der Waals surface area contributed by atoms with Crippen molar-refractivity contribution in [2.75, 3.05) is 0 Å². The van der Waals surface area contributed by atoms with E-state index in [0.717, 1.165) is 43.4 Å². The van der Waals surface area contributed by atoms with Crippen LogP contribution in [0.3, 0.4) is 0 Å². The summed E-state index contributed by atoms with van der Waals surface area (Å²) in [6.45, 7) is 2.09. The zero-order chi connectivity index (χ0) is 17.8. The Morgan fingerprint density at radius 1 is 0.840 bits per heavy atom. The molecule has 3 rings (SSSR count). The molecule has 2 fully saturated rings. The maximum atomic E-state index is 13.5. The van der Waals surface area contributed by atoms with E-state index in [4.69, 9.17) is 0 Å². The minimum atomic E-state index is -1.35. The van der Waals surface area contributed by atoms with Gasteiger partial charge in [-0.25, -0.2) is 13.2 Å². The molecular weight excluding hydrogens is 321 g/mol. The fourth-order valence-corrected chi connectivity index (χ4v) is 4.96. The molecule has 0 atom stereocenters. The Labute approximate surface area is 149 Å². The summed E-state index contributed by atoms with van der Waals surface area (Å²) < 4.78 is 40.1. The molecule has 0 bridgehead atoms. The lowest BCUT2D eigenvalue weighted by molar-refractivity contribution is 0.160. The summed E-state index contributed by atoms with van der Waals surface area (Å²) in [5.41, 5.74) is 0.630. The maximum absolute atomic E-state index is 13.5. The zero-order valence-electron chi connectivity index (χ0n) is 15.1. The lowest BCUT2D eigenvalue weighted by Gasteiger charge is -2.38. The summed E-state index contributed by atoms with van der Waals surface area (Å²) in [5.74, 6) is -0.861. The Hall–Kier alpha value is -1.25. The Balaban J connectivity index is 1.51. The molecule has 1 aromatic carbocycles. The SMILES string of the molecule is CC=CCC1CCC(C2CCC(c3cc(F)c(F)c(F)c3)CC2)CC1. The van der Waals surface area contributed by atoms with Crippen molar-refractivity contribution in [2.45, 2.75) is 70.6 Å². The van der Waals surface area contributed by atoms with E-state index in [-0.39, 0.29) is 5.92 Å². The minimum Gasteiger partial charge on any atom is -0.204 e. The van der Waals surface area contributed by atoms with Gasteiger partial charge in [0.05, 0.1) is 0 Å². The van der Waals surface area contributed by atoms with Crippen LogP contribution in [0.5, 0.6) is 0 Å². The number of halogens is 3. The highest BCUT2D eigenvalue weighted by molar-refractivity contribution is 5.23. The number of rotatable bonds is 4. The molecule has 0 N–H and O–H groups in total. The molecular formula is C22H29F3. The predicted molar refractivity (Wildman–Crippen MR) is 95.9 cm³/mol. The van der Waals surface area contributed by atoms with Crippen LogP contribution < -0.4 is 0 Å². The van der Waals surface area contributed by atoms with Gasteiger partial charge in [-0.3, -0.25) is 0 Å². The summed E-state index contributed by atoms with van der Waals surface area (Å²) in [7, 11) is 0. The van der Waals surface area contributed by atoms with E-state index >= 15 is 0 Å². The standard InChI is InChI=1S/C22H29F3/c1-2-3-4-15-5-7-16(8-6-15)17-9-11-18(12-10-17)19-13-20(23)22(25)21(24)14-19/h2-3,13-18H,4-12H2,1H3. The van der Waals surface area contributed by atoms with Crippen molar-refractivity contribution in [3.63, 3.8) is 0 Å². The van der Waals surface area contributed by atoms with Gasteiger partial charge >= 0.3 is 0 Å². The van der Waals surface area contributed by atoms with Gasteiger partial charge < -0.3 is 0 Å². The molecule has 2 saturated carbocycles. The normalized spacial score (nSPS) is 30.7. The van der Waals surface area contributed by atoms with Crippen LogP contribution in [0.25, 0.3) is 0 Å². The van der Waals surface area contributed by atoms with Crippen molar-refractivity contribution in [1.29, 1.82) is 0 Å². The van der Waals surface area contributed by atoms with Crippen molar-refractivity contribution in [2.24, 2.45) is 17.8 Å². The van der Waals surface area contributed by atoms with Gasteiger partial charge in [-0.15, -0.1) is 0 Å². The van der Waals surface area contributed by atoms with Crippen LogP contribution in [0.2, 0.25) is 0 Å². The van der Waals surface area contributed by atoms with Gasteiger partial charge in [-0.05, 0) is 106 Å². The lowest BCUT2D eigenvalue weighted by atomic mass is 9.68. The fraction of sp³-hybridized carbons (Fsp3) is 0.636. The first-order valence-corrected chi connectivity index (χ1v) is 9.84. The summed E-state index contributed by atoms with van der Waals surface area (Å²) in [4.78, 5) is 0. The number of allylic oxidation sites excluding steroid dienone is 2. The highest BCUT2D eigenvalue weighted by Crippen LogP contribution is 2.44. The van der Waals surface area contributed by atoms with Crippen molar-refractivity contribution in [1.82, 2.24) is 0 Å². The molecule has 0 radical (unpaired) electrons. The molecule has 0 amide bonds. The average Bonchev–Trinajstić information content (AvgIpc) is 2.64. The molecule has 138 valence electrons. The summed E-state index contributed by atoms with van der Waals surface area (Å²) in [6.07, 6.45) is 15.2. The second-order valence-electron chi connectivity index (χ2n) is 8.00. The number of benzene rings is 1. The first-order chi connectivity index (χ1) is 12.1. The van der Waals surface area contributed by atoms with Crippen LogP contribution in [0.4, 0.5) is 13.2 Å². The fourth-order valence-electron chi connectivity index (χ4n) is 4.96. The Morgan fingerprint density at radius 3 is 1.88 bits per heavy atom. The monoisotopic (exact) mass is 350 g/mol. The van der Waals surface area contributed by atoms with E-state index in [1.165, 1.54) is 44.2 Å². The van der Waals surface area contributed by atoms with Gasteiger partial charge in [-0.2, -0.15) is 0 Å². The number of hydrogen-bond acceptors (Lipinski definition) is 0. The van der Waals surface area contributed by atoms with Crippen LogP contribution in [-0.2, 0) is 0 Å². The molecule has 1 aromatic rings. The molecule has 0 unspecified atom stereocenters. The maximum Gasteiger partial charge on any atom is 0.194 e. The van der Waals surface area contributed by atoms with Gasteiger partial charge in [0.1, 0.15) is 0 Å². The Bertz CT molecular complexity index is 568. The van der Waals surface area contributed by atoms with E-state index in [9.17, 15) is 13.2 Å². The average molecular weight is 350 g/mol. The van der Waals surface area contributed by atoms with Crippen molar-refractivity contribution in [3.8, 4) is 0 Å². The third kappa shape index (κ3) is 4.48. The molecule has 0 nitrogen and oxygen atoms in total.